The third-order valence-electron chi connectivity index (χ3n) is 4.66. The first-order valence-electron chi connectivity index (χ1n) is 7.32. The summed E-state index contributed by atoms with van der Waals surface area (Å²) in [6.45, 7) is 7.42. The Morgan fingerprint density at radius 3 is 2.25 bits per heavy atom. The number of piperidine rings is 1. The largest absolute Gasteiger partial charge is 0.479 e. The summed E-state index contributed by atoms with van der Waals surface area (Å²) in [4.78, 5) is 37.8. The maximum atomic E-state index is 12.5. The van der Waals surface area contributed by atoms with Gasteiger partial charge < -0.3 is 10.0 Å². The zero-order chi connectivity index (χ0) is 15.6. The van der Waals surface area contributed by atoms with Crippen molar-refractivity contribution in [1.82, 2.24) is 4.90 Å². The zero-order valence-electron chi connectivity index (χ0n) is 12.9. The summed E-state index contributed by atoms with van der Waals surface area (Å²) in [6, 6.07) is 0. The van der Waals surface area contributed by atoms with Gasteiger partial charge in [-0.2, -0.15) is 0 Å². The Labute approximate surface area is 120 Å². The van der Waals surface area contributed by atoms with Crippen molar-refractivity contribution in [3.8, 4) is 0 Å². The molecule has 0 spiro atoms. The van der Waals surface area contributed by atoms with Crippen molar-refractivity contribution in [2.24, 2.45) is 5.41 Å². The van der Waals surface area contributed by atoms with E-state index in [9.17, 15) is 19.5 Å². The van der Waals surface area contributed by atoms with Crippen molar-refractivity contribution in [2.75, 3.05) is 6.54 Å². The molecule has 1 atom stereocenters. The van der Waals surface area contributed by atoms with Crippen LogP contribution in [0.4, 0.5) is 0 Å². The number of amides is 1. The van der Waals surface area contributed by atoms with Crippen molar-refractivity contribution < 1.29 is 19.5 Å². The predicted molar refractivity (Wildman–Crippen MR) is 75.3 cm³/mol. The summed E-state index contributed by atoms with van der Waals surface area (Å²) in [6.07, 6.45) is 2.83. The maximum Gasteiger partial charge on any atom is 0.329 e. The summed E-state index contributed by atoms with van der Waals surface area (Å²) in [5.41, 5.74) is -1.96. The van der Waals surface area contributed by atoms with Crippen LogP contribution in [0.1, 0.15) is 59.8 Å². The Morgan fingerprint density at radius 1 is 1.20 bits per heavy atom. The Bertz CT molecular complexity index is 416. The van der Waals surface area contributed by atoms with E-state index in [0.29, 0.717) is 25.8 Å². The molecule has 0 bridgehead atoms. The van der Waals surface area contributed by atoms with Gasteiger partial charge in [-0.15, -0.1) is 0 Å². The Kier molecular flexibility index (Phi) is 4.95. The number of hydrogen-bond acceptors (Lipinski definition) is 3. The minimum absolute atomic E-state index is 0.327. The van der Waals surface area contributed by atoms with E-state index < -0.39 is 28.6 Å². The highest BCUT2D eigenvalue weighted by Gasteiger charge is 2.49. The number of hydrogen-bond donors (Lipinski definition) is 1. The number of Topliss-reactive ketones (excluding diaryl/α,β-unsaturated/α-hetero) is 1. The number of carboxylic acid groups (broad SMARTS) is 1. The topological polar surface area (TPSA) is 74.7 Å². The van der Waals surface area contributed by atoms with E-state index in [1.807, 2.05) is 6.92 Å². The Hall–Kier alpha value is -1.39. The van der Waals surface area contributed by atoms with Crippen molar-refractivity contribution in [2.45, 2.75) is 65.3 Å². The number of aliphatic carboxylic acids is 1. The van der Waals surface area contributed by atoms with Gasteiger partial charge >= 0.3 is 5.97 Å². The first-order chi connectivity index (χ1) is 9.23. The minimum Gasteiger partial charge on any atom is -0.479 e. The average Bonchev–Trinajstić information content (AvgIpc) is 2.45. The van der Waals surface area contributed by atoms with E-state index in [0.717, 1.165) is 12.8 Å². The van der Waals surface area contributed by atoms with Crippen LogP contribution in [-0.2, 0) is 14.4 Å². The third kappa shape index (κ3) is 2.72. The van der Waals surface area contributed by atoms with Crippen molar-refractivity contribution in [1.29, 1.82) is 0 Å². The zero-order valence-corrected chi connectivity index (χ0v) is 12.9. The van der Waals surface area contributed by atoms with Gasteiger partial charge in [0.2, 0.25) is 5.78 Å². The maximum absolute atomic E-state index is 12.5. The number of ketones is 1. The van der Waals surface area contributed by atoms with E-state index in [1.54, 1.807) is 20.8 Å². The van der Waals surface area contributed by atoms with E-state index in [4.69, 9.17) is 0 Å². The van der Waals surface area contributed by atoms with Gasteiger partial charge in [0, 0.05) is 12.0 Å². The van der Waals surface area contributed by atoms with E-state index in [1.165, 1.54) is 4.90 Å². The molecule has 1 amide bonds. The number of likely N-dealkylation sites (tertiary alicyclic amines) is 1. The van der Waals surface area contributed by atoms with Gasteiger partial charge in [0.1, 0.15) is 5.54 Å². The van der Waals surface area contributed by atoms with E-state index in [2.05, 4.69) is 0 Å². The van der Waals surface area contributed by atoms with E-state index >= 15 is 0 Å². The highest BCUT2D eigenvalue weighted by Crippen LogP contribution is 2.33. The highest BCUT2D eigenvalue weighted by atomic mass is 16.4. The van der Waals surface area contributed by atoms with Crippen LogP contribution >= 0.6 is 0 Å². The molecule has 1 fully saturated rings. The second kappa shape index (κ2) is 5.94. The number of carbonyl (C=O) groups excluding carboxylic acids is 2. The minimum atomic E-state index is -1.21. The summed E-state index contributed by atoms with van der Waals surface area (Å²) in [7, 11) is 0. The van der Waals surface area contributed by atoms with Gasteiger partial charge in [-0.05, 0) is 32.1 Å². The smallest absolute Gasteiger partial charge is 0.329 e. The van der Waals surface area contributed by atoms with Crippen LogP contribution in [0, 0.1) is 5.41 Å². The number of carboxylic acids is 1. The molecule has 20 heavy (non-hydrogen) atoms. The average molecular weight is 283 g/mol. The Balaban J connectivity index is 3.11. The molecule has 1 N–H and O–H groups in total. The normalized spacial score (nSPS) is 23.5. The lowest BCUT2D eigenvalue weighted by Crippen LogP contribution is -2.61. The highest BCUT2D eigenvalue weighted by molar-refractivity contribution is 6.38. The second-order valence-electron chi connectivity index (χ2n) is 6.17. The lowest BCUT2D eigenvalue weighted by molar-refractivity contribution is -0.166. The molecule has 1 heterocycles. The summed E-state index contributed by atoms with van der Waals surface area (Å²) < 4.78 is 0. The molecule has 114 valence electrons. The molecule has 1 rings (SSSR count). The molecule has 5 heteroatoms. The standard InChI is InChI=1S/C15H25NO4/c1-5-14(3,4)11(17)12(18)16-10-8-7-9-15(16,6-2)13(19)20/h5-10H2,1-4H3,(H,19,20). The SMILES string of the molecule is CCC(C)(C)C(=O)C(=O)N1CCCCC1(CC)C(=O)O. The fourth-order valence-electron chi connectivity index (χ4n) is 2.65. The third-order valence-corrected chi connectivity index (χ3v) is 4.66. The number of carbonyl (C=O) groups is 3. The van der Waals surface area contributed by atoms with Crippen LogP contribution in [0.5, 0.6) is 0 Å². The molecule has 1 aliphatic rings. The molecule has 0 aromatic heterocycles. The number of nitrogens with zero attached hydrogens (tertiary/aromatic N) is 1. The second-order valence-corrected chi connectivity index (χ2v) is 6.17. The van der Waals surface area contributed by atoms with Gasteiger partial charge in [-0.25, -0.2) is 4.79 Å². The molecule has 1 unspecified atom stereocenters. The Morgan fingerprint density at radius 2 is 1.80 bits per heavy atom. The molecule has 1 saturated heterocycles. The molecular formula is C15H25NO4. The summed E-state index contributed by atoms with van der Waals surface area (Å²) in [5, 5.41) is 9.54. The van der Waals surface area contributed by atoms with Gasteiger partial charge in [0.05, 0.1) is 0 Å². The molecule has 0 aromatic rings. The molecule has 1 aliphatic heterocycles. The van der Waals surface area contributed by atoms with E-state index in [-0.39, 0.29) is 0 Å². The van der Waals surface area contributed by atoms with Gasteiger partial charge in [-0.3, -0.25) is 9.59 Å². The van der Waals surface area contributed by atoms with Crippen molar-refractivity contribution in [3.63, 3.8) is 0 Å². The molecular weight excluding hydrogens is 258 g/mol. The van der Waals surface area contributed by atoms with Crippen LogP contribution in [0.15, 0.2) is 0 Å². The lowest BCUT2D eigenvalue weighted by Gasteiger charge is -2.44. The van der Waals surface area contributed by atoms with Crippen LogP contribution in [-0.4, -0.2) is 39.7 Å². The molecule has 0 saturated carbocycles. The van der Waals surface area contributed by atoms with Gasteiger partial charge in [-0.1, -0.05) is 27.7 Å². The fraction of sp³-hybridized carbons (Fsp3) is 0.800. The van der Waals surface area contributed by atoms with Crippen molar-refractivity contribution in [3.05, 3.63) is 0 Å². The van der Waals surface area contributed by atoms with Crippen LogP contribution in [0.3, 0.4) is 0 Å². The van der Waals surface area contributed by atoms with Crippen LogP contribution in [0.2, 0.25) is 0 Å². The lowest BCUT2D eigenvalue weighted by atomic mass is 9.80. The van der Waals surface area contributed by atoms with Gasteiger partial charge in [0.15, 0.2) is 0 Å². The van der Waals surface area contributed by atoms with Crippen LogP contribution in [0.25, 0.3) is 0 Å². The summed E-state index contributed by atoms with van der Waals surface area (Å²) >= 11 is 0. The first-order valence-corrected chi connectivity index (χ1v) is 7.32. The van der Waals surface area contributed by atoms with Gasteiger partial charge in [0.25, 0.3) is 5.91 Å². The summed E-state index contributed by atoms with van der Waals surface area (Å²) in [5.74, 6) is -2.13. The molecule has 0 aliphatic carbocycles. The molecule has 0 aromatic carbocycles. The number of rotatable bonds is 5. The first kappa shape index (κ1) is 16.7. The van der Waals surface area contributed by atoms with Crippen LogP contribution < -0.4 is 0 Å². The molecule has 0 radical (unpaired) electrons. The van der Waals surface area contributed by atoms with Crippen molar-refractivity contribution >= 4 is 17.7 Å². The molecule has 5 nitrogen and oxygen atoms in total. The quantitative estimate of drug-likeness (QED) is 0.785. The fourth-order valence-corrected chi connectivity index (χ4v) is 2.65. The predicted octanol–water partition coefficient (Wildman–Crippen LogP) is 2.24. The monoisotopic (exact) mass is 283 g/mol.